The molecule has 0 amide bonds. The van der Waals surface area contributed by atoms with Crippen LogP contribution in [0.25, 0.3) is 6.08 Å². The zero-order chi connectivity index (χ0) is 8.81. The van der Waals surface area contributed by atoms with Crippen LogP contribution in [0.1, 0.15) is 18.4 Å². The van der Waals surface area contributed by atoms with Gasteiger partial charge in [-0.3, -0.25) is 0 Å². The fraction of sp³-hybridized carbons (Fsp3) is 0.182. The van der Waals surface area contributed by atoms with E-state index in [9.17, 15) is 0 Å². The highest BCUT2D eigenvalue weighted by Crippen LogP contribution is 2.16. The molecule has 63 valence electrons. The highest BCUT2D eigenvalue weighted by Gasteiger charge is 1.91. The maximum atomic E-state index is 5.94. The summed E-state index contributed by atoms with van der Waals surface area (Å²) in [5.41, 5.74) is 1.08. The number of benzene rings is 1. The minimum absolute atomic E-state index is 0.804. The van der Waals surface area contributed by atoms with E-state index >= 15 is 0 Å². The Hall–Kier alpha value is -0.750. The first-order valence-corrected chi connectivity index (χ1v) is 4.42. The van der Waals surface area contributed by atoms with E-state index in [1.807, 2.05) is 30.3 Å². The third-order valence-corrected chi connectivity index (χ3v) is 1.92. The largest absolute Gasteiger partial charge is 0.0839 e. The monoisotopic (exact) mass is 179 g/mol. The van der Waals surface area contributed by atoms with Gasteiger partial charge in [0.25, 0.3) is 0 Å². The van der Waals surface area contributed by atoms with Crippen molar-refractivity contribution in [3.63, 3.8) is 0 Å². The van der Waals surface area contributed by atoms with E-state index in [-0.39, 0.29) is 0 Å². The van der Waals surface area contributed by atoms with Crippen molar-refractivity contribution in [2.75, 3.05) is 0 Å². The maximum absolute atomic E-state index is 5.94. The Morgan fingerprint density at radius 2 is 2.08 bits per heavy atom. The Morgan fingerprint density at radius 3 is 2.75 bits per heavy atom. The van der Waals surface area contributed by atoms with Gasteiger partial charge in [-0.2, -0.15) is 0 Å². The van der Waals surface area contributed by atoms with Crippen molar-refractivity contribution in [2.24, 2.45) is 0 Å². The minimum Gasteiger partial charge on any atom is -0.0839 e. The van der Waals surface area contributed by atoms with E-state index in [0.717, 1.165) is 23.4 Å². The quantitative estimate of drug-likeness (QED) is 0.659. The van der Waals surface area contributed by atoms with Crippen LogP contribution in [-0.4, -0.2) is 0 Å². The van der Waals surface area contributed by atoms with Gasteiger partial charge in [0.15, 0.2) is 0 Å². The summed E-state index contributed by atoms with van der Waals surface area (Å²) in [6.07, 6.45) is 6.06. The van der Waals surface area contributed by atoms with Crippen molar-refractivity contribution >= 4 is 17.7 Å². The molecule has 0 saturated carbocycles. The summed E-state index contributed by atoms with van der Waals surface area (Å²) in [6, 6.07) is 7.81. The number of hydrogen-bond donors (Lipinski definition) is 0. The van der Waals surface area contributed by atoms with Crippen molar-refractivity contribution in [3.8, 4) is 0 Å². The molecule has 0 unspecified atom stereocenters. The molecule has 0 aromatic heterocycles. The fourth-order valence-electron chi connectivity index (χ4n) is 0.938. The van der Waals surface area contributed by atoms with Gasteiger partial charge in [0.2, 0.25) is 0 Å². The number of unbranched alkanes of at least 4 members (excludes halogenated alkanes) is 1. The molecule has 1 aromatic rings. The topological polar surface area (TPSA) is 0 Å². The molecule has 12 heavy (non-hydrogen) atoms. The number of allylic oxidation sites excluding steroid dienone is 1. The second-order valence-corrected chi connectivity index (χ2v) is 2.97. The molecule has 0 atom stereocenters. The second kappa shape index (κ2) is 5.00. The fourth-order valence-corrected chi connectivity index (χ4v) is 1.14. The lowest BCUT2D eigenvalue weighted by atomic mass is 10.2. The average molecular weight is 180 g/mol. The Morgan fingerprint density at radius 1 is 1.33 bits per heavy atom. The third kappa shape index (κ3) is 2.71. The van der Waals surface area contributed by atoms with Crippen LogP contribution in [0.15, 0.2) is 30.3 Å². The molecule has 0 spiro atoms. The summed E-state index contributed by atoms with van der Waals surface area (Å²) in [6.45, 7) is 3.76. The van der Waals surface area contributed by atoms with Gasteiger partial charge in [-0.1, -0.05) is 48.9 Å². The maximum Gasteiger partial charge on any atom is 0.0478 e. The highest BCUT2D eigenvalue weighted by molar-refractivity contribution is 6.32. The van der Waals surface area contributed by atoms with Gasteiger partial charge in [0.1, 0.15) is 0 Å². The Balaban J connectivity index is 2.68. The van der Waals surface area contributed by atoms with Crippen molar-refractivity contribution in [2.45, 2.75) is 12.8 Å². The van der Waals surface area contributed by atoms with Gasteiger partial charge < -0.3 is 0 Å². The van der Waals surface area contributed by atoms with Crippen LogP contribution >= 0.6 is 11.6 Å². The zero-order valence-electron chi connectivity index (χ0n) is 6.96. The molecule has 0 bridgehead atoms. The minimum atomic E-state index is 0.804. The first-order valence-electron chi connectivity index (χ1n) is 4.05. The average Bonchev–Trinajstić information content (AvgIpc) is 2.09. The lowest BCUT2D eigenvalue weighted by Crippen LogP contribution is -1.72. The highest BCUT2D eigenvalue weighted by atomic mass is 35.5. The lowest BCUT2D eigenvalue weighted by molar-refractivity contribution is 1.06. The molecule has 0 aliphatic carbocycles. The molecular formula is C11H12Cl. The van der Waals surface area contributed by atoms with Crippen LogP contribution in [0.4, 0.5) is 0 Å². The van der Waals surface area contributed by atoms with Gasteiger partial charge in [-0.15, -0.1) is 0 Å². The van der Waals surface area contributed by atoms with Gasteiger partial charge in [-0.05, 0) is 24.5 Å². The molecule has 0 nitrogen and oxygen atoms in total. The molecule has 0 N–H and O–H groups in total. The summed E-state index contributed by atoms with van der Waals surface area (Å²) >= 11 is 5.94. The van der Waals surface area contributed by atoms with E-state index < -0.39 is 0 Å². The third-order valence-electron chi connectivity index (χ3n) is 1.57. The molecule has 1 aromatic carbocycles. The van der Waals surface area contributed by atoms with Crippen LogP contribution in [0.3, 0.4) is 0 Å². The predicted molar refractivity (Wildman–Crippen MR) is 55.1 cm³/mol. The van der Waals surface area contributed by atoms with Gasteiger partial charge >= 0.3 is 0 Å². The Labute approximate surface area is 78.9 Å². The van der Waals surface area contributed by atoms with E-state index in [2.05, 4.69) is 13.0 Å². The first-order chi connectivity index (χ1) is 5.84. The van der Waals surface area contributed by atoms with E-state index in [0.29, 0.717) is 0 Å². The number of halogens is 1. The molecular weight excluding hydrogens is 168 g/mol. The molecule has 0 saturated heterocycles. The van der Waals surface area contributed by atoms with Gasteiger partial charge in [-0.25, -0.2) is 0 Å². The van der Waals surface area contributed by atoms with Gasteiger partial charge in [0.05, 0.1) is 0 Å². The van der Waals surface area contributed by atoms with Crippen molar-refractivity contribution in [1.82, 2.24) is 0 Å². The summed E-state index contributed by atoms with van der Waals surface area (Å²) in [5.74, 6) is 0. The molecule has 0 aliphatic rings. The normalized spacial score (nSPS) is 10.8. The van der Waals surface area contributed by atoms with Gasteiger partial charge in [0, 0.05) is 5.02 Å². The summed E-state index contributed by atoms with van der Waals surface area (Å²) in [4.78, 5) is 0. The van der Waals surface area contributed by atoms with Crippen LogP contribution in [0.2, 0.25) is 5.02 Å². The molecule has 1 radical (unpaired) electrons. The number of rotatable bonds is 3. The van der Waals surface area contributed by atoms with Crippen LogP contribution in [0.5, 0.6) is 0 Å². The number of hydrogen-bond acceptors (Lipinski definition) is 0. The zero-order valence-corrected chi connectivity index (χ0v) is 7.72. The predicted octanol–water partition coefficient (Wildman–Crippen LogP) is 3.97. The van der Waals surface area contributed by atoms with Crippen molar-refractivity contribution in [1.29, 1.82) is 0 Å². The molecule has 0 aliphatic heterocycles. The van der Waals surface area contributed by atoms with Crippen LogP contribution < -0.4 is 0 Å². The Kier molecular flexibility index (Phi) is 3.89. The summed E-state index contributed by atoms with van der Waals surface area (Å²) < 4.78 is 0. The second-order valence-electron chi connectivity index (χ2n) is 2.57. The van der Waals surface area contributed by atoms with E-state index in [1.54, 1.807) is 0 Å². The van der Waals surface area contributed by atoms with Crippen molar-refractivity contribution in [3.05, 3.63) is 47.9 Å². The molecule has 0 heterocycles. The smallest absolute Gasteiger partial charge is 0.0478 e. The van der Waals surface area contributed by atoms with E-state index in [1.165, 1.54) is 0 Å². The lowest BCUT2D eigenvalue weighted by Gasteiger charge is -1.95. The SMILES string of the molecule is [CH2]CCC=Cc1ccccc1Cl. The standard InChI is InChI=1S/C11H12Cl/c1-2-3-4-7-10-8-5-6-9-11(10)12/h4-9H,1-3H2. The molecule has 0 fully saturated rings. The first kappa shape index (κ1) is 9.34. The van der Waals surface area contributed by atoms with Crippen LogP contribution in [-0.2, 0) is 0 Å². The molecule has 1 heteroatoms. The summed E-state index contributed by atoms with van der Waals surface area (Å²) in [5, 5.41) is 0.804. The van der Waals surface area contributed by atoms with Crippen LogP contribution in [0, 0.1) is 6.92 Å². The molecule has 1 rings (SSSR count). The summed E-state index contributed by atoms with van der Waals surface area (Å²) in [7, 11) is 0. The van der Waals surface area contributed by atoms with E-state index in [4.69, 9.17) is 11.6 Å². The Bertz CT molecular complexity index is 263. The van der Waals surface area contributed by atoms with Crippen molar-refractivity contribution < 1.29 is 0 Å².